The van der Waals surface area contributed by atoms with Gasteiger partial charge in [0, 0.05) is 37.2 Å². The van der Waals surface area contributed by atoms with Gasteiger partial charge < -0.3 is 19.3 Å². The summed E-state index contributed by atoms with van der Waals surface area (Å²) >= 11 is 0. The van der Waals surface area contributed by atoms with Crippen molar-refractivity contribution in [1.82, 2.24) is 14.9 Å². The van der Waals surface area contributed by atoms with Crippen molar-refractivity contribution >= 4 is 11.7 Å². The van der Waals surface area contributed by atoms with Gasteiger partial charge in [0.2, 0.25) is 0 Å². The van der Waals surface area contributed by atoms with Gasteiger partial charge in [-0.2, -0.15) is 0 Å². The Bertz CT molecular complexity index is 890. The number of carbonyl (C=O) groups is 1. The fourth-order valence-electron chi connectivity index (χ4n) is 4.22. The second-order valence-electron chi connectivity index (χ2n) is 7.89. The van der Waals surface area contributed by atoms with E-state index in [9.17, 15) is 4.79 Å². The van der Waals surface area contributed by atoms with Gasteiger partial charge in [-0.05, 0) is 45.0 Å². The van der Waals surface area contributed by atoms with Crippen molar-refractivity contribution in [3.63, 3.8) is 0 Å². The van der Waals surface area contributed by atoms with Crippen LogP contribution in [0.5, 0.6) is 5.75 Å². The molecule has 1 aromatic carbocycles. The molecule has 0 spiro atoms. The molecule has 1 amide bonds. The van der Waals surface area contributed by atoms with Gasteiger partial charge in [0.25, 0.3) is 5.91 Å². The molecule has 0 bridgehead atoms. The molecule has 1 aromatic heterocycles. The SMILES string of the molecule is COc1ccc(C(=O)N2CCc3nc(C)nc(N4C[C@@H](C)O[C@H](C)C4)c3C2)cc1. The predicted octanol–water partition coefficient (Wildman–Crippen LogP) is 2.61. The van der Waals surface area contributed by atoms with Crippen LogP contribution in [0.15, 0.2) is 24.3 Å². The van der Waals surface area contributed by atoms with Crippen LogP contribution in [0.2, 0.25) is 0 Å². The van der Waals surface area contributed by atoms with Crippen molar-refractivity contribution in [2.24, 2.45) is 0 Å². The minimum absolute atomic E-state index is 0.0218. The number of ether oxygens (including phenoxy) is 2. The smallest absolute Gasteiger partial charge is 0.254 e. The summed E-state index contributed by atoms with van der Waals surface area (Å²) in [6, 6.07) is 7.27. The van der Waals surface area contributed by atoms with E-state index in [1.54, 1.807) is 7.11 Å². The first-order chi connectivity index (χ1) is 13.9. The highest BCUT2D eigenvalue weighted by Crippen LogP contribution is 2.29. The van der Waals surface area contributed by atoms with Crippen LogP contribution in [0, 0.1) is 6.92 Å². The van der Waals surface area contributed by atoms with Gasteiger partial charge in [-0.3, -0.25) is 4.79 Å². The second kappa shape index (κ2) is 7.99. The summed E-state index contributed by atoms with van der Waals surface area (Å²) in [5, 5.41) is 0. The minimum atomic E-state index is 0.0218. The monoisotopic (exact) mass is 396 g/mol. The van der Waals surface area contributed by atoms with Gasteiger partial charge in [-0.25, -0.2) is 9.97 Å². The van der Waals surface area contributed by atoms with E-state index in [2.05, 4.69) is 23.7 Å². The van der Waals surface area contributed by atoms with E-state index in [4.69, 9.17) is 14.5 Å². The molecule has 0 N–H and O–H groups in total. The lowest BCUT2D eigenvalue weighted by atomic mass is 10.0. The zero-order chi connectivity index (χ0) is 20.5. The molecule has 4 rings (SSSR count). The number of nitrogens with zero attached hydrogens (tertiary/aromatic N) is 4. The molecule has 2 aromatic rings. The Hall–Kier alpha value is -2.67. The largest absolute Gasteiger partial charge is 0.497 e. The Balaban J connectivity index is 1.61. The van der Waals surface area contributed by atoms with Crippen LogP contribution >= 0.6 is 0 Å². The minimum Gasteiger partial charge on any atom is -0.497 e. The number of fused-ring (bicyclic) bond motifs is 1. The van der Waals surface area contributed by atoms with E-state index in [0.29, 0.717) is 18.7 Å². The molecule has 3 heterocycles. The lowest BCUT2D eigenvalue weighted by molar-refractivity contribution is -0.00560. The number of aromatic nitrogens is 2. The van der Waals surface area contributed by atoms with Gasteiger partial charge >= 0.3 is 0 Å². The number of anilines is 1. The quantitative estimate of drug-likeness (QED) is 0.795. The number of carbonyl (C=O) groups excluding carboxylic acids is 1. The average molecular weight is 396 g/mol. The molecule has 0 radical (unpaired) electrons. The van der Waals surface area contributed by atoms with E-state index in [-0.39, 0.29) is 18.1 Å². The predicted molar refractivity (Wildman–Crippen MR) is 110 cm³/mol. The molecule has 2 aliphatic heterocycles. The highest BCUT2D eigenvalue weighted by Gasteiger charge is 2.30. The number of hydrogen-bond donors (Lipinski definition) is 0. The average Bonchev–Trinajstić information content (AvgIpc) is 2.71. The number of hydrogen-bond acceptors (Lipinski definition) is 6. The molecule has 0 saturated carbocycles. The lowest BCUT2D eigenvalue weighted by Gasteiger charge is -2.38. The number of benzene rings is 1. The Labute approximate surface area is 171 Å². The van der Waals surface area contributed by atoms with E-state index < -0.39 is 0 Å². The van der Waals surface area contributed by atoms with Gasteiger partial charge in [-0.15, -0.1) is 0 Å². The summed E-state index contributed by atoms with van der Waals surface area (Å²) in [5.74, 6) is 2.49. The topological polar surface area (TPSA) is 67.8 Å². The number of rotatable bonds is 3. The molecule has 7 nitrogen and oxygen atoms in total. The van der Waals surface area contributed by atoms with Crippen LogP contribution in [0.3, 0.4) is 0 Å². The molecular formula is C22H28N4O3. The van der Waals surface area contributed by atoms with E-state index in [1.165, 1.54) is 0 Å². The van der Waals surface area contributed by atoms with Crippen LogP contribution in [-0.4, -0.2) is 59.7 Å². The van der Waals surface area contributed by atoms with Crippen molar-refractivity contribution in [2.75, 3.05) is 31.6 Å². The fraction of sp³-hybridized carbons (Fsp3) is 0.500. The van der Waals surface area contributed by atoms with Crippen molar-refractivity contribution in [3.8, 4) is 5.75 Å². The summed E-state index contributed by atoms with van der Waals surface area (Å²) in [6.45, 7) is 8.87. The maximum absolute atomic E-state index is 13.1. The highest BCUT2D eigenvalue weighted by molar-refractivity contribution is 5.94. The molecule has 29 heavy (non-hydrogen) atoms. The van der Waals surface area contributed by atoms with Gasteiger partial charge in [-0.1, -0.05) is 0 Å². The van der Waals surface area contributed by atoms with Crippen LogP contribution in [0.25, 0.3) is 0 Å². The van der Waals surface area contributed by atoms with Crippen molar-refractivity contribution < 1.29 is 14.3 Å². The zero-order valence-corrected chi connectivity index (χ0v) is 17.5. The van der Waals surface area contributed by atoms with Crippen LogP contribution < -0.4 is 9.64 Å². The highest BCUT2D eigenvalue weighted by atomic mass is 16.5. The third-order valence-electron chi connectivity index (χ3n) is 5.49. The normalized spacial score (nSPS) is 21.7. The molecule has 0 aliphatic carbocycles. The van der Waals surface area contributed by atoms with Crippen LogP contribution in [-0.2, 0) is 17.7 Å². The Morgan fingerprint density at radius 2 is 1.83 bits per heavy atom. The summed E-state index contributed by atoms with van der Waals surface area (Å²) < 4.78 is 11.1. The number of aryl methyl sites for hydroxylation is 1. The summed E-state index contributed by atoms with van der Waals surface area (Å²) in [7, 11) is 1.62. The fourth-order valence-corrected chi connectivity index (χ4v) is 4.22. The zero-order valence-electron chi connectivity index (χ0n) is 17.5. The standard InChI is InChI=1S/C22H28N4O3/c1-14-11-26(12-15(2)29-14)21-19-13-25(10-9-20(19)23-16(3)24-21)22(27)17-5-7-18(28-4)8-6-17/h5-8,14-15H,9-13H2,1-4H3/t14-,15-/m1/s1. The lowest BCUT2D eigenvalue weighted by Crippen LogP contribution is -2.47. The van der Waals surface area contributed by atoms with Crippen molar-refractivity contribution in [2.45, 2.75) is 45.9 Å². The molecule has 2 atom stereocenters. The Morgan fingerprint density at radius 1 is 1.14 bits per heavy atom. The number of amides is 1. The van der Waals surface area contributed by atoms with Crippen LogP contribution in [0.1, 0.15) is 41.3 Å². The van der Waals surface area contributed by atoms with E-state index >= 15 is 0 Å². The van der Waals surface area contributed by atoms with Gasteiger partial charge in [0.05, 0.1) is 31.6 Å². The third-order valence-corrected chi connectivity index (χ3v) is 5.49. The summed E-state index contributed by atoms with van der Waals surface area (Å²) in [6.07, 6.45) is 1.03. The van der Waals surface area contributed by atoms with E-state index in [0.717, 1.165) is 48.2 Å². The Morgan fingerprint density at radius 3 is 2.48 bits per heavy atom. The van der Waals surface area contributed by atoms with Crippen molar-refractivity contribution in [3.05, 3.63) is 46.9 Å². The number of morpholine rings is 1. The molecule has 7 heteroatoms. The molecule has 154 valence electrons. The summed E-state index contributed by atoms with van der Waals surface area (Å²) in [5.41, 5.74) is 2.78. The maximum Gasteiger partial charge on any atom is 0.254 e. The van der Waals surface area contributed by atoms with Gasteiger partial charge in [0.15, 0.2) is 0 Å². The molecular weight excluding hydrogens is 368 g/mol. The molecule has 1 fully saturated rings. The Kier molecular flexibility index (Phi) is 5.41. The first kappa shape index (κ1) is 19.6. The van der Waals surface area contributed by atoms with Gasteiger partial charge in [0.1, 0.15) is 17.4 Å². The van der Waals surface area contributed by atoms with E-state index in [1.807, 2.05) is 36.1 Å². The first-order valence-electron chi connectivity index (χ1n) is 10.1. The summed E-state index contributed by atoms with van der Waals surface area (Å²) in [4.78, 5) is 26.7. The third kappa shape index (κ3) is 4.05. The van der Waals surface area contributed by atoms with Crippen LogP contribution in [0.4, 0.5) is 5.82 Å². The second-order valence-corrected chi connectivity index (χ2v) is 7.89. The molecule has 0 unspecified atom stereocenters. The maximum atomic E-state index is 13.1. The van der Waals surface area contributed by atoms with Crippen molar-refractivity contribution in [1.29, 1.82) is 0 Å². The molecule has 1 saturated heterocycles. The number of methoxy groups -OCH3 is 1. The molecule has 2 aliphatic rings. The first-order valence-corrected chi connectivity index (χ1v) is 10.1.